The first kappa shape index (κ1) is 13.2. The number of anilines is 1. The van der Waals surface area contributed by atoms with E-state index in [-0.39, 0.29) is 18.0 Å². The van der Waals surface area contributed by atoms with E-state index in [1.807, 2.05) is 0 Å². The fourth-order valence-corrected chi connectivity index (χ4v) is 1.97. The predicted octanol–water partition coefficient (Wildman–Crippen LogP) is 2.25. The number of rotatable bonds is 3. The Balaban J connectivity index is 1.97. The van der Waals surface area contributed by atoms with Gasteiger partial charge < -0.3 is 5.73 Å². The van der Waals surface area contributed by atoms with Gasteiger partial charge in [-0.1, -0.05) is 18.2 Å². The Labute approximate surface area is 119 Å². The lowest BCUT2D eigenvalue weighted by molar-refractivity contribution is 0.578. The van der Waals surface area contributed by atoms with E-state index in [1.165, 1.54) is 22.9 Å². The SMILES string of the molecule is Nc1ccc(-c2nnnn2Cc2ccccc2F)cc1F. The summed E-state index contributed by atoms with van der Waals surface area (Å²) >= 11 is 0. The molecule has 0 radical (unpaired) electrons. The Morgan fingerprint density at radius 2 is 1.86 bits per heavy atom. The van der Waals surface area contributed by atoms with Crippen LogP contribution < -0.4 is 5.73 Å². The van der Waals surface area contributed by atoms with Crippen LogP contribution in [0, 0.1) is 11.6 Å². The Hall–Kier alpha value is -2.83. The summed E-state index contributed by atoms with van der Waals surface area (Å²) in [5, 5.41) is 11.2. The van der Waals surface area contributed by atoms with Crippen molar-refractivity contribution in [1.82, 2.24) is 20.2 Å². The quantitative estimate of drug-likeness (QED) is 0.750. The van der Waals surface area contributed by atoms with Gasteiger partial charge in [0.1, 0.15) is 11.6 Å². The zero-order valence-electron chi connectivity index (χ0n) is 10.9. The van der Waals surface area contributed by atoms with Gasteiger partial charge in [0.25, 0.3) is 0 Å². The number of aromatic nitrogens is 4. The van der Waals surface area contributed by atoms with Crippen molar-refractivity contribution in [1.29, 1.82) is 0 Å². The molecule has 0 aliphatic heterocycles. The molecule has 0 fully saturated rings. The van der Waals surface area contributed by atoms with Crippen molar-refractivity contribution >= 4 is 5.69 Å². The highest BCUT2D eigenvalue weighted by atomic mass is 19.1. The number of hydrogen-bond acceptors (Lipinski definition) is 4. The van der Waals surface area contributed by atoms with Gasteiger partial charge in [0.15, 0.2) is 5.82 Å². The first-order chi connectivity index (χ1) is 10.1. The molecular formula is C14H11F2N5. The van der Waals surface area contributed by atoms with Crippen molar-refractivity contribution in [3.05, 3.63) is 59.7 Å². The van der Waals surface area contributed by atoms with E-state index in [0.29, 0.717) is 17.0 Å². The minimum Gasteiger partial charge on any atom is -0.396 e. The molecule has 7 heteroatoms. The fraction of sp³-hybridized carbons (Fsp3) is 0.0714. The van der Waals surface area contributed by atoms with E-state index in [1.54, 1.807) is 24.3 Å². The van der Waals surface area contributed by atoms with Gasteiger partial charge in [-0.05, 0) is 34.7 Å². The standard InChI is InChI=1S/C14H11F2N5/c15-11-4-2-1-3-10(11)8-21-14(18-19-20-21)9-5-6-13(17)12(16)7-9/h1-7H,8,17H2. The molecule has 0 aliphatic rings. The molecule has 0 aliphatic carbocycles. The maximum atomic E-state index is 13.7. The summed E-state index contributed by atoms with van der Waals surface area (Å²) in [6.45, 7) is 0.154. The van der Waals surface area contributed by atoms with Gasteiger partial charge in [-0.3, -0.25) is 0 Å². The zero-order chi connectivity index (χ0) is 14.8. The second-order valence-electron chi connectivity index (χ2n) is 4.49. The molecule has 106 valence electrons. The van der Waals surface area contributed by atoms with Gasteiger partial charge in [-0.15, -0.1) is 5.10 Å². The predicted molar refractivity (Wildman–Crippen MR) is 73.1 cm³/mol. The van der Waals surface area contributed by atoms with Crippen LogP contribution in [-0.2, 0) is 6.54 Å². The summed E-state index contributed by atoms with van der Waals surface area (Å²) in [5.41, 5.74) is 6.41. The minimum atomic E-state index is -0.548. The van der Waals surface area contributed by atoms with Gasteiger partial charge >= 0.3 is 0 Å². The van der Waals surface area contributed by atoms with Gasteiger partial charge in [0.2, 0.25) is 0 Å². The van der Waals surface area contributed by atoms with E-state index in [2.05, 4.69) is 15.5 Å². The number of hydrogen-bond donors (Lipinski definition) is 1. The molecule has 0 saturated heterocycles. The third-order valence-electron chi connectivity index (χ3n) is 3.07. The second kappa shape index (κ2) is 5.28. The van der Waals surface area contributed by atoms with Crippen molar-refractivity contribution in [2.24, 2.45) is 0 Å². The Kier molecular flexibility index (Phi) is 3.31. The largest absolute Gasteiger partial charge is 0.396 e. The van der Waals surface area contributed by atoms with E-state index < -0.39 is 5.82 Å². The molecule has 0 atom stereocenters. The van der Waals surface area contributed by atoms with Gasteiger partial charge in [0.05, 0.1) is 12.2 Å². The van der Waals surface area contributed by atoms with Crippen molar-refractivity contribution in [2.75, 3.05) is 5.73 Å². The van der Waals surface area contributed by atoms with Crippen molar-refractivity contribution < 1.29 is 8.78 Å². The van der Waals surface area contributed by atoms with E-state index >= 15 is 0 Å². The van der Waals surface area contributed by atoms with Crippen molar-refractivity contribution in [3.8, 4) is 11.4 Å². The molecule has 0 spiro atoms. The number of benzene rings is 2. The molecule has 2 aromatic carbocycles. The molecule has 21 heavy (non-hydrogen) atoms. The smallest absolute Gasteiger partial charge is 0.182 e. The molecular weight excluding hydrogens is 276 g/mol. The first-order valence-electron chi connectivity index (χ1n) is 6.20. The van der Waals surface area contributed by atoms with Crippen LogP contribution in [0.3, 0.4) is 0 Å². The molecule has 1 aromatic heterocycles. The van der Waals surface area contributed by atoms with Crippen LogP contribution in [0.2, 0.25) is 0 Å². The molecule has 0 saturated carbocycles. The third-order valence-corrected chi connectivity index (χ3v) is 3.07. The van der Waals surface area contributed by atoms with Crippen LogP contribution in [0.15, 0.2) is 42.5 Å². The lowest BCUT2D eigenvalue weighted by Crippen LogP contribution is -2.06. The second-order valence-corrected chi connectivity index (χ2v) is 4.49. The molecule has 0 amide bonds. The number of tetrazole rings is 1. The van der Waals surface area contributed by atoms with Crippen LogP contribution in [-0.4, -0.2) is 20.2 Å². The lowest BCUT2D eigenvalue weighted by atomic mass is 10.1. The highest BCUT2D eigenvalue weighted by Crippen LogP contribution is 2.21. The van der Waals surface area contributed by atoms with Crippen molar-refractivity contribution in [2.45, 2.75) is 6.54 Å². The summed E-state index contributed by atoms with van der Waals surface area (Å²) in [6.07, 6.45) is 0. The van der Waals surface area contributed by atoms with Gasteiger partial charge in [-0.2, -0.15) is 0 Å². The molecule has 0 bridgehead atoms. The summed E-state index contributed by atoms with van der Waals surface area (Å²) in [6, 6.07) is 10.6. The fourth-order valence-electron chi connectivity index (χ4n) is 1.97. The normalized spacial score (nSPS) is 10.8. The van der Waals surface area contributed by atoms with Crippen molar-refractivity contribution in [3.63, 3.8) is 0 Å². The summed E-state index contributed by atoms with van der Waals surface area (Å²) in [7, 11) is 0. The molecule has 0 unspecified atom stereocenters. The Bertz CT molecular complexity index is 785. The number of halogens is 2. The van der Waals surface area contributed by atoms with E-state index in [9.17, 15) is 8.78 Å². The monoisotopic (exact) mass is 287 g/mol. The highest BCUT2D eigenvalue weighted by Gasteiger charge is 2.12. The van der Waals surface area contributed by atoms with Crippen LogP contribution in [0.25, 0.3) is 11.4 Å². The lowest BCUT2D eigenvalue weighted by Gasteiger charge is -2.06. The third kappa shape index (κ3) is 2.58. The summed E-state index contributed by atoms with van der Waals surface area (Å²) in [4.78, 5) is 0. The molecule has 2 N–H and O–H groups in total. The Morgan fingerprint density at radius 3 is 2.62 bits per heavy atom. The van der Waals surface area contributed by atoms with Gasteiger partial charge in [-0.25, -0.2) is 13.5 Å². The maximum absolute atomic E-state index is 13.7. The summed E-state index contributed by atoms with van der Waals surface area (Å²) < 4.78 is 28.6. The molecule has 5 nitrogen and oxygen atoms in total. The van der Waals surface area contributed by atoms with E-state index in [4.69, 9.17) is 5.73 Å². The topological polar surface area (TPSA) is 69.6 Å². The molecule has 1 heterocycles. The molecule has 3 aromatic rings. The first-order valence-corrected chi connectivity index (χ1v) is 6.20. The Morgan fingerprint density at radius 1 is 1.05 bits per heavy atom. The number of nitrogens with zero attached hydrogens (tertiary/aromatic N) is 4. The van der Waals surface area contributed by atoms with Gasteiger partial charge in [0, 0.05) is 11.1 Å². The number of nitrogen functional groups attached to an aromatic ring is 1. The maximum Gasteiger partial charge on any atom is 0.182 e. The van der Waals surface area contributed by atoms with E-state index in [0.717, 1.165) is 0 Å². The molecule has 3 rings (SSSR count). The average Bonchev–Trinajstić information content (AvgIpc) is 2.93. The number of nitrogens with two attached hydrogens (primary N) is 1. The van der Waals surface area contributed by atoms with Crippen LogP contribution in [0.5, 0.6) is 0 Å². The minimum absolute atomic E-state index is 0.0480. The average molecular weight is 287 g/mol. The van der Waals surface area contributed by atoms with Crippen LogP contribution >= 0.6 is 0 Å². The zero-order valence-corrected chi connectivity index (χ0v) is 10.9. The van der Waals surface area contributed by atoms with Crippen LogP contribution in [0.4, 0.5) is 14.5 Å². The summed E-state index contributed by atoms with van der Waals surface area (Å²) in [5.74, 6) is -0.549. The highest BCUT2D eigenvalue weighted by molar-refractivity contribution is 5.59. The van der Waals surface area contributed by atoms with Crippen LogP contribution in [0.1, 0.15) is 5.56 Å².